The molecule has 0 radical (unpaired) electrons. The lowest BCUT2D eigenvalue weighted by Gasteiger charge is -2.30. The van der Waals surface area contributed by atoms with Gasteiger partial charge in [-0.05, 0) is 58.6 Å². The average molecular weight is 497 g/mol. The lowest BCUT2D eigenvalue weighted by Crippen LogP contribution is -2.50. The smallest absolute Gasteiger partial charge is 0.261 e. The molecular formula is C26H29BrN2O3. The van der Waals surface area contributed by atoms with Crippen LogP contribution < -0.4 is 10.1 Å². The van der Waals surface area contributed by atoms with Gasteiger partial charge in [-0.3, -0.25) is 9.59 Å². The molecule has 0 unspecified atom stereocenters. The Hall–Kier alpha value is -2.86. The molecule has 0 aliphatic carbocycles. The van der Waals surface area contributed by atoms with Crippen molar-refractivity contribution in [3.05, 3.63) is 76.3 Å². The number of hydrogen-bond donors (Lipinski definition) is 1. The highest BCUT2D eigenvalue weighted by atomic mass is 79.9. The van der Waals surface area contributed by atoms with Crippen LogP contribution in [0.15, 0.2) is 65.1 Å². The topological polar surface area (TPSA) is 58.6 Å². The molecular weight excluding hydrogens is 468 g/mol. The van der Waals surface area contributed by atoms with Crippen LogP contribution in [0.1, 0.15) is 31.4 Å². The highest BCUT2D eigenvalue weighted by Gasteiger charge is 2.28. The van der Waals surface area contributed by atoms with Crippen molar-refractivity contribution < 1.29 is 14.3 Å². The molecule has 1 N–H and O–H groups in total. The summed E-state index contributed by atoms with van der Waals surface area (Å²) in [5, 5.41) is 4.95. The predicted molar refractivity (Wildman–Crippen MR) is 132 cm³/mol. The van der Waals surface area contributed by atoms with E-state index in [9.17, 15) is 9.59 Å². The zero-order chi connectivity index (χ0) is 23.1. The predicted octanol–water partition coefficient (Wildman–Crippen LogP) is 5.23. The number of nitrogens with zero attached hydrogens (tertiary/aromatic N) is 1. The third kappa shape index (κ3) is 5.68. The van der Waals surface area contributed by atoms with Gasteiger partial charge in [0.1, 0.15) is 11.8 Å². The molecule has 2 amide bonds. The standard InChI is InChI=1S/C26H29BrN2O3/c1-4-22(26(31)28-5-2)29(16-19-12-10-18(3)11-13-19)24(30)17-32-23-15-14-20-8-6-7-9-21(20)25(23)27/h6-15,22H,4-5,16-17H2,1-3H3,(H,28,31)/t22-/m1/s1. The number of carbonyl (C=O) groups excluding carboxylic acids is 2. The lowest BCUT2D eigenvalue weighted by atomic mass is 10.1. The second kappa shape index (κ2) is 11.1. The summed E-state index contributed by atoms with van der Waals surface area (Å²) in [7, 11) is 0. The first-order valence-electron chi connectivity index (χ1n) is 10.9. The number of likely N-dealkylation sites (N-methyl/N-ethyl adjacent to an activating group) is 1. The van der Waals surface area contributed by atoms with Gasteiger partial charge in [0.25, 0.3) is 5.91 Å². The van der Waals surface area contributed by atoms with Crippen LogP contribution in [0, 0.1) is 6.92 Å². The monoisotopic (exact) mass is 496 g/mol. The maximum atomic E-state index is 13.3. The van der Waals surface area contributed by atoms with Gasteiger partial charge >= 0.3 is 0 Å². The number of amides is 2. The number of hydrogen-bond acceptors (Lipinski definition) is 3. The Balaban J connectivity index is 1.81. The van der Waals surface area contributed by atoms with Crippen LogP contribution in [0.25, 0.3) is 10.8 Å². The van der Waals surface area contributed by atoms with Crippen LogP contribution >= 0.6 is 15.9 Å². The van der Waals surface area contributed by atoms with E-state index in [4.69, 9.17) is 4.74 Å². The van der Waals surface area contributed by atoms with Crippen LogP contribution in [0.5, 0.6) is 5.75 Å². The quantitative estimate of drug-likeness (QED) is 0.440. The molecule has 6 heteroatoms. The minimum atomic E-state index is -0.563. The number of rotatable bonds is 9. The SMILES string of the molecule is CCNC(=O)[C@@H](CC)N(Cc1ccc(C)cc1)C(=O)COc1ccc2ccccc2c1Br. The molecule has 5 nitrogen and oxygen atoms in total. The molecule has 0 heterocycles. The number of ether oxygens (including phenoxy) is 1. The molecule has 3 rings (SSSR count). The van der Waals surface area contributed by atoms with Gasteiger partial charge < -0.3 is 15.0 Å². The van der Waals surface area contributed by atoms with Crippen molar-refractivity contribution in [1.82, 2.24) is 10.2 Å². The van der Waals surface area contributed by atoms with Gasteiger partial charge in [0, 0.05) is 13.1 Å². The molecule has 3 aromatic rings. The van der Waals surface area contributed by atoms with Crippen LogP contribution in [0.2, 0.25) is 0 Å². The van der Waals surface area contributed by atoms with Gasteiger partial charge in [0.15, 0.2) is 6.61 Å². The van der Waals surface area contributed by atoms with E-state index in [1.807, 2.05) is 81.4 Å². The molecule has 0 aromatic heterocycles. The normalized spacial score (nSPS) is 11.8. The minimum absolute atomic E-state index is 0.151. The van der Waals surface area contributed by atoms with Crippen LogP contribution in [-0.4, -0.2) is 35.9 Å². The van der Waals surface area contributed by atoms with Gasteiger partial charge in [-0.1, -0.05) is 67.1 Å². The molecule has 0 bridgehead atoms. The van der Waals surface area contributed by atoms with Crippen molar-refractivity contribution in [2.24, 2.45) is 0 Å². The minimum Gasteiger partial charge on any atom is -0.483 e. The zero-order valence-corrected chi connectivity index (χ0v) is 20.3. The fourth-order valence-corrected chi connectivity index (χ4v) is 4.26. The fourth-order valence-electron chi connectivity index (χ4n) is 3.65. The van der Waals surface area contributed by atoms with Crippen molar-refractivity contribution in [3.8, 4) is 5.75 Å². The largest absolute Gasteiger partial charge is 0.483 e. The van der Waals surface area contributed by atoms with E-state index in [0.717, 1.165) is 26.4 Å². The fraction of sp³-hybridized carbons (Fsp3) is 0.308. The number of fused-ring (bicyclic) bond motifs is 1. The molecule has 0 aliphatic heterocycles. The first-order chi connectivity index (χ1) is 15.4. The highest BCUT2D eigenvalue weighted by molar-refractivity contribution is 9.10. The molecule has 0 saturated heterocycles. The Bertz CT molecular complexity index is 1080. The number of carbonyl (C=O) groups is 2. The van der Waals surface area contributed by atoms with E-state index in [1.54, 1.807) is 4.90 Å². The molecule has 0 saturated carbocycles. The number of benzene rings is 3. The Morgan fingerprint density at radius 3 is 2.44 bits per heavy atom. The van der Waals surface area contributed by atoms with E-state index in [0.29, 0.717) is 25.3 Å². The van der Waals surface area contributed by atoms with Crippen LogP contribution in [-0.2, 0) is 16.1 Å². The summed E-state index contributed by atoms with van der Waals surface area (Å²) in [4.78, 5) is 27.6. The van der Waals surface area contributed by atoms with Crippen molar-refractivity contribution in [1.29, 1.82) is 0 Å². The Morgan fingerprint density at radius 2 is 1.75 bits per heavy atom. The van der Waals surface area contributed by atoms with Crippen LogP contribution in [0.4, 0.5) is 0 Å². The van der Waals surface area contributed by atoms with E-state index >= 15 is 0 Å². The van der Waals surface area contributed by atoms with Crippen molar-refractivity contribution in [3.63, 3.8) is 0 Å². The summed E-state index contributed by atoms with van der Waals surface area (Å²) in [5.41, 5.74) is 2.12. The Morgan fingerprint density at radius 1 is 1.03 bits per heavy atom. The summed E-state index contributed by atoms with van der Waals surface area (Å²) < 4.78 is 6.72. The number of halogens is 1. The molecule has 32 heavy (non-hydrogen) atoms. The molecule has 168 valence electrons. The number of aryl methyl sites for hydroxylation is 1. The Labute approximate surface area is 197 Å². The second-order valence-corrected chi connectivity index (χ2v) is 8.51. The van der Waals surface area contributed by atoms with Gasteiger partial charge in [-0.25, -0.2) is 0 Å². The highest BCUT2D eigenvalue weighted by Crippen LogP contribution is 2.33. The zero-order valence-electron chi connectivity index (χ0n) is 18.7. The maximum Gasteiger partial charge on any atom is 0.261 e. The summed E-state index contributed by atoms with van der Waals surface area (Å²) in [6.07, 6.45) is 0.517. The molecule has 0 aliphatic rings. The number of nitrogens with one attached hydrogen (secondary N) is 1. The van der Waals surface area contributed by atoms with Crippen molar-refractivity contribution >= 4 is 38.5 Å². The molecule has 0 fully saturated rings. The van der Waals surface area contributed by atoms with E-state index in [-0.39, 0.29) is 18.4 Å². The molecule has 1 atom stereocenters. The third-order valence-corrected chi connectivity index (χ3v) is 6.21. The van der Waals surface area contributed by atoms with E-state index in [2.05, 4.69) is 21.2 Å². The van der Waals surface area contributed by atoms with Crippen molar-refractivity contribution in [2.75, 3.05) is 13.2 Å². The lowest BCUT2D eigenvalue weighted by molar-refractivity contribution is -0.142. The van der Waals surface area contributed by atoms with Gasteiger partial charge in [-0.2, -0.15) is 0 Å². The average Bonchev–Trinajstić information content (AvgIpc) is 2.80. The van der Waals surface area contributed by atoms with Gasteiger partial charge in [-0.15, -0.1) is 0 Å². The summed E-state index contributed by atoms with van der Waals surface area (Å²) in [5.74, 6) is 0.212. The van der Waals surface area contributed by atoms with Gasteiger partial charge in [0.05, 0.1) is 4.47 Å². The Kier molecular flexibility index (Phi) is 8.28. The molecule has 0 spiro atoms. The third-order valence-electron chi connectivity index (χ3n) is 5.39. The summed E-state index contributed by atoms with van der Waals surface area (Å²) >= 11 is 3.60. The maximum absolute atomic E-state index is 13.3. The summed E-state index contributed by atoms with van der Waals surface area (Å²) in [6.45, 7) is 6.51. The van der Waals surface area contributed by atoms with Crippen molar-refractivity contribution in [2.45, 2.75) is 39.8 Å². The first-order valence-corrected chi connectivity index (χ1v) is 11.7. The van der Waals surface area contributed by atoms with E-state index in [1.165, 1.54) is 0 Å². The second-order valence-electron chi connectivity index (χ2n) is 7.71. The molecule has 3 aromatic carbocycles. The summed E-state index contributed by atoms with van der Waals surface area (Å²) in [6, 6.07) is 19.2. The first kappa shape index (κ1) is 23.8. The van der Waals surface area contributed by atoms with Crippen LogP contribution in [0.3, 0.4) is 0 Å². The van der Waals surface area contributed by atoms with E-state index < -0.39 is 6.04 Å². The van der Waals surface area contributed by atoms with Gasteiger partial charge in [0.2, 0.25) is 5.91 Å².